The molecular formula is C17H25N3O. The Balaban J connectivity index is 2.15. The van der Waals surface area contributed by atoms with E-state index in [1.165, 1.54) is 11.3 Å². The van der Waals surface area contributed by atoms with Crippen molar-refractivity contribution in [2.45, 2.75) is 39.8 Å². The number of aromatic nitrogens is 2. The van der Waals surface area contributed by atoms with E-state index < -0.39 is 0 Å². The number of nitrogens with zero attached hydrogens (tertiary/aromatic N) is 2. The fraction of sp³-hybridized carbons (Fsp3) is 0.471. The maximum Gasteiger partial charge on any atom is 0.119 e. The summed E-state index contributed by atoms with van der Waals surface area (Å²) in [5.74, 6) is 0.922. The maximum absolute atomic E-state index is 5.50. The van der Waals surface area contributed by atoms with Gasteiger partial charge in [-0.25, -0.2) is 0 Å². The molecule has 0 radical (unpaired) electrons. The minimum atomic E-state index is 0.280. The Bertz CT molecular complexity index is 560. The standard InChI is InChI=1S/C17H25N3O/c1-5-20-15(11-13(3)19-20)12-17(18-4)14-7-9-16(10-8-14)21-6-2/h7-11,17-18H,5-6,12H2,1-4H3. The molecule has 1 unspecified atom stereocenters. The van der Waals surface area contributed by atoms with E-state index in [1.807, 2.05) is 33.0 Å². The van der Waals surface area contributed by atoms with E-state index in [0.29, 0.717) is 6.61 Å². The summed E-state index contributed by atoms with van der Waals surface area (Å²) in [6.45, 7) is 7.77. The monoisotopic (exact) mass is 287 g/mol. The lowest BCUT2D eigenvalue weighted by Crippen LogP contribution is -2.20. The summed E-state index contributed by atoms with van der Waals surface area (Å²) in [5.41, 5.74) is 3.61. The van der Waals surface area contributed by atoms with Crippen LogP contribution in [0.2, 0.25) is 0 Å². The summed E-state index contributed by atoms with van der Waals surface area (Å²) in [4.78, 5) is 0. The number of ether oxygens (including phenoxy) is 1. The van der Waals surface area contributed by atoms with Crippen LogP contribution < -0.4 is 10.1 Å². The van der Waals surface area contributed by atoms with Crippen LogP contribution in [0.1, 0.15) is 36.8 Å². The summed E-state index contributed by atoms with van der Waals surface area (Å²) in [5, 5.41) is 7.91. The fourth-order valence-corrected chi connectivity index (χ4v) is 2.60. The van der Waals surface area contributed by atoms with Crippen molar-refractivity contribution in [1.29, 1.82) is 0 Å². The van der Waals surface area contributed by atoms with Gasteiger partial charge in [0.25, 0.3) is 0 Å². The van der Waals surface area contributed by atoms with Crippen molar-refractivity contribution in [3.8, 4) is 5.75 Å². The van der Waals surface area contributed by atoms with Gasteiger partial charge in [-0.1, -0.05) is 12.1 Å². The van der Waals surface area contributed by atoms with E-state index in [9.17, 15) is 0 Å². The molecule has 0 spiro atoms. The molecule has 0 bridgehead atoms. The van der Waals surface area contributed by atoms with Crippen molar-refractivity contribution in [3.63, 3.8) is 0 Å². The topological polar surface area (TPSA) is 39.1 Å². The predicted octanol–water partition coefficient (Wildman–Crippen LogP) is 3.11. The van der Waals surface area contributed by atoms with Crippen molar-refractivity contribution in [2.24, 2.45) is 0 Å². The van der Waals surface area contributed by atoms with Gasteiger partial charge in [-0.3, -0.25) is 4.68 Å². The molecule has 0 aliphatic heterocycles. The number of nitrogens with one attached hydrogen (secondary N) is 1. The molecule has 1 atom stereocenters. The third-order valence-electron chi connectivity index (χ3n) is 3.64. The van der Waals surface area contributed by atoms with Gasteiger partial charge in [0.05, 0.1) is 12.3 Å². The lowest BCUT2D eigenvalue weighted by atomic mass is 10.0. The zero-order valence-corrected chi connectivity index (χ0v) is 13.4. The van der Waals surface area contributed by atoms with Gasteiger partial charge in [0, 0.05) is 24.7 Å². The molecule has 2 rings (SSSR count). The Kier molecular flexibility index (Phi) is 5.39. The van der Waals surface area contributed by atoms with Crippen molar-refractivity contribution in [3.05, 3.63) is 47.3 Å². The second kappa shape index (κ2) is 7.27. The molecule has 1 N–H and O–H groups in total. The van der Waals surface area contributed by atoms with Crippen molar-refractivity contribution >= 4 is 0 Å². The van der Waals surface area contributed by atoms with Crippen LogP contribution in [0.5, 0.6) is 5.75 Å². The van der Waals surface area contributed by atoms with Gasteiger partial charge in [-0.05, 0) is 51.6 Å². The Hall–Kier alpha value is -1.81. The van der Waals surface area contributed by atoms with Crippen LogP contribution in [-0.2, 0) is 13.0 Å². The predicted molar refractivity (Wildman–Crippen MR) is 85.8 cm³/mol. The molecule has 0 aliphatic carbocycles. The highest BCUT2D eigenvalue weighted by Gasteiger charge is 2.14. The highest BCUT2D eigenvalue weighted by molar-refractivity contribution is 5.30. The van der Waals surface area contributed by atoms with Crippen molar-refractivity contribution in [2.75, 3.05) is 13.7 Å². The van der Waals surface area contributed by atoms with E-state index in [4.69, 9.17) is 4.74 Å². The van der Waals surface area contributed by atoms with E-state index in [2.05, 4.69) is 40.2 Å². The second-order valence-electron chi connectivity index (χ2n) is 5.14. The molecule has 1 heterocycles. The first kappa shape index (κ1) is 15.6. The van der Waals surface area contributed by atoms with Gasteiger partial charge in [0.1, 0.15) is 5.75 Å². The lowest BCUT2D eigenvalue weighted by molar-refractivity contribution is 0.340. The van der Waals surface area contributed by atoms with Crippen LogP contribution in [0.3, 0.4) is 0 Å². The average Bonchev–Trinajstić information content (AvgIpc) is 2.86. The highest BCUT2D eigenvalue weighted by atomic mass is 16.5. The fourth-order valence-electron chi connectivity index (χ4n) is 2.60. The average molecular weight is 287 g/mol. The number of likely N-dealkylation sites (N-methyl/N-ethyl adjacent to an activating group) is 1. The molecule has 0 amide bonds. The first-order valence-electron chi connectivity index (χ1n) is 7.61. The number of rotatable bonds is 7. The zero-order valence-electron chi connectivity index (χ0n) is 13.4. The number of aryl methyl sites for hydroxylation is 2. The third-order valence-corrected chi connectivity index (χ3v) is 3.64. The normalized spacial score (nSPS) is 12.4. The molecule has 0 saturated carbocycles. The Morgan fingerprint density at radius 3 is 2.52 bits per heavy atom. The quantitative estimate of drug-likeness (QED) is 0.850. The number of hydrogen-bond donors (Lipinski definition) is 1. The van der Waals surface area contributed by atoms with Crippen molar-refractivity contribution in [1.82, 2.24) is 15.1 Å². The highest BCUT2D eigenvalue weighted by Crippen LogP contribution is 2.21. The second-order valence-corrected chi connectivity index (χ2v) is 5.14. The summed E-state index contributed by atoms with van der Waals surface area (Å²) in [6, 6.07) is 10.8. The maximum atomic E-state index is 5.50. The van der Waals surface area contributed by atoms with E-state index in [0.717, 1.165) is 24.4 Å². The first-order valence-corrected chi connectivity index (χ1v) is 7.61. The van der Waals surface area contributed by atoms with Gasteiger partial charge >= 0.3 is 0 Å². The van der Waals surface area contributed by atoms with Crippen LogP contribution >= 0.6 is 0 Å². The minimum absolute atomic E-state index is 0.280. The smallest absolute Gasteiger partial charge is 0.119 e. The third kappa shape index (κ3) is 3.85. The van der Waals surface area contributed by atoms with Crippen LogP contribution in [-0.4, -0.2) is 23.4 Å². The zero-order chi connectivity index (χ0) is 15.2. The summed E-state index contributed by atoms with van der Waals surface area (Å²) >= 11 is 0. The molecule has 0 aliphatic rings. The van der Waals surface area contributed by atoms with E-state index >= 15 is 0 Å². The summed E-state index contributed by atoms with van der Waals surface area (Å²) < 4.78 is 7.58. The van der Waals surface area contributed by atoms with Crippen LogP contribution in [0.15, 0.2) is 30.3 Å². The summed E-state index contributed by atoms with van der Waals surface area (Å²) in [6.07, 6.45) is 0.930. The van der Waals surface area contributed by atoms with E-state index in [1.54, 1.807) is 0 Å². The molecule has 4 heteroatoms. The molecule has 4 nitrogen and oxygen atoms in total. The number of hydrogen-bond acceptors (Lipinski definition) is 3. The van der Waals surface area contributed by atoms with Crippen LogP contribution in [0.25, 0.3) is 0 Å². The number of benzene rings is 1. The molecule has 2 aromatic rings. The van der Waals surface area contributed by atoms with Gasteiger partial charge in [-0.15, -0.1) is 0 Å². The Morgan fingerprint density at radius 2 is 1.95 bits per heavy atom. The SMILES string of the molecule is CCOc1ccc(C(Cc2cc(C)nn2CC)NC)cc1. The minimum Gasteiger partial charge on any atom is -0.494 e. The first-order chi connectivity index (χ1) is 10.2. The van der Waals surface area contributed by atoms with Gasteiger partial charge in [0.2, 0.25) is 0 Å². The van der Waals surface area contributed by atoms with Gasteiger partial charge in [-0.2, -0.15) is 5.10 Å². The van der Waals surface area contributed by atoms with E-state index in [-0.39, 0.29) is 6.04 Å². The molecule has 114 valence electrons. The van der Waals surface area contributed by atoms with Crippen LogP contribution in [0.4, 0.5) is 0 Å². The molecule has 0 saturated heterocycles. The van der Waals surface area contributed by atoms with Gasteiger partial charge < -0.3 is 10.1 Å². The summed E-state index contributed by atoms with van der Waals surface area (Å²) in [7, 11) is 2.00. The Labute approximate surface area is 127 Å². The molecule has 21 heavy (non-hydrogen) atoms. The lowest BCUT2D eigenvalue weighted by Gasteiger charge is -2.17. The van der Waals surface area contributed by atoms with Crippen LogP contribution in [0, 0.1) is 6.92 Å². The Morgan fingerprint density at radius 1 is 1.24 bits per heavy atom. The molecule has 0 fully saturated rings. The molecule has 1 aromatic heterocycles. The molecule has 1 aromatic carbocycles. The van der Waals surface area contributed by atoms with Gasteiger partial charge in [0.15, 0.2) is 0 Å². The van der Waals surface area contributed by atoms with Crippen molar-refractivity contribution < 1.29 is 4.74 Å². The molecular weight excluding hydrogens is 262 g/mol. The largest absolute Gasteiger partial charge is 0.494 e.